The van der Waals surface area contributed by atoms with Gasteiger partial charge in [0.05, 0.1) is 16.4 Å². The van der Waals surface area contributed by atoms with E-state index < -0.39 is 0 Å². The minimum absolute atomic E-state index is 0.0649. The van der Waals surface area contributed by atoms with Crippen molar-refractivity contribution in [3.05, 3.63) is 144 Å². The second-order valence-electron chi connectivity index (χ2n) is 9.96. The summed E-state index contributed by atoms with van der Waals surface area (Å²) >= 11 is 0. The molecule has 0 aliphatic heterocycles. The fourth-order valence-electron chi connectivity index (χ4n) is 6.06. The summed E-state index contributed by atoms with van der Waals surface area (Å²) < 4.78 is 1.81. The third kappa shape index (κ3) is 3.23. The summed E-state index contributed by atoms with van der Waals surface area (Å²) in [5.41, 5.74) is 4.53. The van der Waals surface area contributed by atoms with E-state index in [4.69, 9.17) is 0 Å². The van der Waals surface area contributed by atoms with Gasteiger partial charge in [0.25, 0.3) is 5.56 Å². The predicted molar refractivity (Wildman–Crippen MR) is 163 cm³/mol. The molecule has 3 heteroatoms. The second-order valence-corrected chi connectivity index (χ2v) is 9.96. The van der Waals surface area contributed by atoms with Crippen molar-refractivity contribution in [1.29, 1.82) is 0 Å². The topological polar surface area (TPSA) is 34.9 Å². The lowest BCUT2D eigenvalue weighted by molar-refractivity contribution is 1.06. The summed E-state index contributed by atoms with van der Waals surface area (Å²) in [6, 6.07) is 43.9. The van der Waals surface area contributed by atoms with Crippen LogP contribution in [-0.2, 0) is 0 Å². The van der Waals surface area contributed by atoms with E-state index in [-0.39, 0.29) is 5.56 Å². The lowest BCUT2D eigenvalue weighted by Crippen LogP contribution is -2.19. The van der Waals surface area contributed by atoms with Gasteiger partial charge in [-0.2, -0.15) is 0 Å². The van der Waals surface area contributed by atoms with E-state index in [0.29, 0.717) is 5.39 Å². The standard InChI is InChI=1S/C36H22N2O/c39-36-32-16-8-20-37-35(32)31-15-5-6-17-34(31)38(36)25-10-7-9-23(21-25)24-18-19-30-28-13-2-1-11-26(28)27-12-3-4-14-29(27)33(30)22-24/h1-22H. The Kier molecular flexibility index (Phi) is 4.67. The SMILES string of the molecule is O=c1c2cccnc2c2ccccc2n1-c1cccc(-c2ccc3c4ccccc4c4ccccc4c3c2)c1. The number of pyridine rings is 2. The van der Waals surface area contributed by atoms with Gasteiger partial charge in [-0.3, -0.25) is 14.3 Å². The monoisotopic (exact) mass is 498 g/mol. The number of aromatic nitrogens is 2. The van der Waals surface area contributed by atoms with E-state index in [2.05, 4.69) is 83.8 Å². The summed E-state index contributed by atoms with van der Waals surface area (Å²) in [5.74, 6) is 0. The largest absolute Gasteiger partial charge is 0.276 e. The molecule has 39 heavy (non-hydrogen) atoms. The first-order chi connectivity index (χ1) is 19.3. The molecule has 0 aliphatic carbocycles. The molecule has 0 radical (unpaired) electrons. The minimum atomic E-state index is -0.0649. The van der Waals surface area contributed by atoms with Gasteiger partial charge in [0.2, 0.25) is 0 Å². The lowest BCUT2D eigenvalue weighted by atomic mass is 9.92. The number of hydrogen-bond donors (Lipinski definition) is 0. The van der Waals surface area contributed by atoms with Gasteiger partial charge in [0.1, 0.15) is 0 Å². The number of para-hydroxylation sites is 1. The molecule has 0 saturated carbocycles. The van der Waals surface area contributed by atoms with Crippen LogP contribution in [0.5, 0.6) is 0 Å². The van der Waals surface area contributed by atoms with Gasteiger partial charge in [0, 0.05) is 17.3 Å². The molecule has 0 N–H and O–H groups in total. The molecule has 0 unspecified atom stereocenters. The zero-order valence-corrected chi connectivity index (χ0v) is 21.0. The van der Waals surface area contributed by atoms with Gasteiger partial charge in [-0.25, -0.2) is 0 Å². The molecular formula is C36H22N2O. The quantitative estimate of drug-likeness (QED) is 0.224. The van der Waals surface area contributed by atoms with E-state index in [9.17, 15) is 4.79 Å². The van der Waals surface area contributed by atoms with Gasteiger partial charge in [-0.1, -0.05) is 91.0 Å². The van der Waals surface area contributed by atoms with Crippen molar-refractivity contribution in [2.75, 3.05) is 0 Å². The maximum Gasteiger partial charge on any atom is 0.265 e. The van der Waals surface area contributed by atoms with Crippen molar-refractivity contribution in [2.24, 2.45) is 0 Å². The highest BCUT2D eigenvalue weighted by molar-refractivity contribution is 6.25. The van der Waals surface area contributed by atoms with Crippen LogP contribution in [0.25, 0.3) is 70.9 Å². The van der Waals surface area contributed by atoms with Crippen LogP contribution in [0.3, 0.4) is 0 Å². The van der Waals surface area contributed by atoms with E-state index in [1.165, 1.54) is 32.3 Å². The van der Waals surface area contributed by atoms with Gasteiger partial charge in [-0.15, -0.1) is 0 Å². The summed E-state index contributed by atoms with van der Waals surface area (Å²) in [5, 5.41) is 9.08. The molecule has 0 spiro atoms. The highest BCUT2D eigenvalue weighted by Gasteiger charge is 2.14. The van der Waals surface area contributed by atoms with Crippen LogP contribution in [0.4, 0.5) is 0 Å². The van der Waals surface area contributed by atoms with Crippen LogP contribution in [0.15, 0.2) is 138 Å². The maximum atomic E-state index is 13.8. The highest BCUT2D eigenvalue weighted by Crippen LogP contribution is 2.37. The number of hydrogen-bond acceptors (Lipinski definition) is 2. The van der Waals surface area contributed by atoms with Crippen molar-refractivity contribution >= 4 is 54.1 Å². The first kappa shape index (κ1) is 21.8. The van der Waals surface area contributed by atoms with Crippen molar-refractivity contribution in [3.8, 4) is 16.8 Å². The Bertz CT molecular complexity index is 2280. The van der Waals surface area contributed by atoms with E-state index in [1.807, 2.05) is 53.1 Å². The van der Waals surface area contributed by atoms with E-state index in [1.54, 1.807) is 6.20 Å². The third-order valence-corrected chi connectivity index (χ3v) is 7.82. The van der Waals surface area contributed by atoms with Crippen molar-refractivity contribution in [2.45, 2.75) is 0 Å². The van der Waals surface area contributed by atoms with Gasteiger partial charge < -0.3 is 0 Å². The van der Waals surface area contributed by atoms with Crippen molar-refractivity contribution in [1.82, 2.24) is 9.55 Å². The number of rotatable bonds is 2. The second kappa shape index (κ2) is 8.37. The first-order valence-electron chi connectivity index (χ1n) is 13.1. The molecule has 8 rings (SSSR count). The molecule has 2 aromatic heterocycles. The average molecular weight is 499 g/mol. The highest BCUT2D eigenvalue weighted by atomic mass is 16.1. The van der Waals surface area contributed by atoms with Crippen molar-refractivity contribution < 1.29 is 0 Å². The summed E-state index contributed by atoms with van der Waals surface area (Å²) in [6.07, 6.45) is 1.74. The average Bonchev–Trinajstić information content (AvgIpc) is 3.01. The molecule has 0 aliphatic rings. The number of benzene rings is 6. The fourth-order valence-corrected chi connectivity index (χ4v) is 6.06. The molecule has 8 aromatic rings. The Balaban J connectivity index is 1.38. The number of nitrogens with zero attached hydrogens (tertiary/aromatic N) is 2. The Hall–Kier alpha value is -5.28. The zero-order chi connectivity index (χ0) is 25.9. The van der Waals surface area contributed by atoms with Crippen LogP contribution in [0.2, 0.25) is 0 Å². The van der Waals surface area contributed by atoms with Crippen LogP contribution >= 0.6 is 0 Å². The molecule has 182 valence electrons. The van der Waals surface area contributed by atoms with Crippen LogP contribution in [-0.4, -0.2) is 9.55 Å². The molecule has 0 atom stereocenters. The van der Waals surface area contributed by atoms with Crippen molar-refractivity contribution in [3.63, 3.8) is 0 Å². The predicted octanol–water partition coefficient (Wildman–Crippen LogP) is 8.67. The molecule has 6 aromatic carbocycles. The Morgan fingerprint density at radius 1 is 0.462 bits per heavy atom. The normalized spacial score (nSPS) is 11.7. The van der Waals surface area contributed by atoms with Crippen LogP contribution in [0.1, 0.15) is 0 Å². The summed E-state index contributed by atoms with van der Waals surface area (Å²) in [4.78, 5) is 18.3. The maximum absolute atomic E-state index is 13.8. The Morgan fingerprint density at radius 3 is 1.79 bits per heavy atom. The van der Waals surface area contributed by atoms with Gasteiger partial charge >= 0.3 is 0 Å². The van der Waals surface area contributed by atoms with Crippen LogP contribution in [0, 0.1) is 0 Å². The van der Waals surface area contributed by atoms with E-state index >= 15 is 0 Å². The molecule has 0 saturated heterocycles. The Morgan fingerprint density at radius 2 is 1.05 bits per heavy atom. The smallest absolute Gasteiger partial charge is 0.265 e. The Labute approximate surface area is 224 Å². The molecule has 2 heterocycles. The van der Waals surface area contributed by atoms with E-state index in [0.717, 1.165) is 33.2 Å². The minimum Gasteiger partial charge on any atom is -0.276 e. The fraction of sp³-hybridized carbons (Fsp3) is 0. The number of fused-ring (bicyclic) bond motifs is 9. The molecule has 0 fully saturated rings. The molecule has 3 nitrogen and oxygen atoms in total. The summed E-state index contributed by atoms with van der Waals surface area (Å²) in [6.45, 7) is 0. The van der Waals surface area contributed by atoms with Crippen LogP contribution < -0.4 is 5.56 Å². The first-order valence-corrected chi connectivity index (χ1v) is 13.1. The third-order valence-electron chi connectivity index (χ3n) is 7.82. The summed E-state index contributed by atoms with van der Waals surface area (Å²) in [7, 11) is 0. The zero-order valence-electron chi connectivity index (χ0n) is 21.0. The molecule has 0 amide bonds. The molecule has 0 bridgehead atoms. The van der Waals surface area contributed by atoms with Gasteiger partial charge in [-0.05, 0) is 79.8 Å². The molecular weight excluding hydrogens is 476 g/mol. The van der Waals surface area contributed by atoms with Gasteiger partial charge in [0.15, 0.2) is 0 Å². The lowest BCUT2D eigenvalue weighted by Gasteiger charge is -2.15.